The molecule has 0 saturated carbocycles. The van der Waals surface area contributed by atoms with Crippen LogP contribution in [-0.4, -0.2) is 11.2 Å². The van der Waals surface area contributed by atoms with Gasteiger partial charge in [0.2, 0.25) is 0 Å². The highest BCUT2D eigenvalue weighted by atomic mass is 16.5. The zero-order valence-corrected chi connectivity index (χ0v) is 6.35. The fraction of sp³-hybridized carbons (Fsp3) is 1.00. The molecule has 0 aliphatic rings. The molecule has 0 aromatic rings. The molecule has 0 aliphatic heterocycles. The van der Waals surface area contributed by atoms with Gasteiger partial charge < -0.3 is 5.21 Å². The summed E-state index contributed by atoms with van der Waals surface area (Å²) in [5, 5.41) is 8.54. The van der Waals surface area contributed by atoms with Gasteiger partial charge in [-0.05, 0) is 12.8 Å². The van der Waals surface area contributed by atoms with Gasteiger partial charge in [0.25, 0.3) is 0 Å². The summed E-state index contributed by atoms with van der Waals surface area (Å²) in [5.74, 6) is 0. The molecular formula is C8H21NO. The Morgan fingerprint density at radius 3 is 1.80 bits per heavy atom. The molecule has 0 fully saturated rings. The van der Waals surface area contributed by atoms with Crippen molar-refractivity contribution in [1.29, 1.82) is 0 Å². The van der Waals surface area contributed by atoms with Crippen molar-refractivity contribution >= 4 is 0 Å². The maximum absolute atomic E-state index is 8.54. The van der Waals surface area contributed by atoms with Crippen LogP contribution in [0.1, 0.15) is 47.0 Å². The minimum absolute atomic E-state index is 0. The Labute approximate surface area is 64.6 Å². The predicted octanol–water partition coefficient (Wildman–Crippen LogP) is 2.57. The van der Waals surface area contributed by atoms with E-state index in [-0.39, 0.29) is 7.43 Å². The van der Waals surface area contributed by atoms with Crippen molar-refractivity contribution in [2.24, 2.45) is 0 Å². The van der Waals surface area contributed by atoms with Crippen molar-refractivity contribution in [2.45, 2.75) is 53.0 Å². The zero-order valence-electron chi connectivity index (χ0n) is 6.35. The molecule has 0 saturated heterocycles. The second-order valence-electron chi connectivity index (χ2n) is 2.40. The number of hydrogen-bond donors (Lipinski definition) is 2. The van der Waals surface area contributed by atoms with Gasteiger partial charge in [0, 0.05) is 6.04 Å². The lowest BCUT2D eigenvalue weighted by atomic mass is 10.1. The topological polar surface area (TPSA) is 32.3 Å². The summed E-state index contributed by atoms with van der Waals surface area (Å²) in [6.45, 7) is 4.25. The molecule has 0 heterocycles. The highest BCUT2D eigenvalue weighted by Crippen LogP contribution is 2.02. The molecule has 2 heteroatoms. The minimum atomic E-state index is 0. The number of hydroxylamine groups is 1. The van der Waals surface area contributed by atoms with Crippen LogP contribution in [0.5, 0.6) is 0 Å². The third-order valence-corrected chi connectivity index (χ3v) is 1.46. The van der Waals surface area contributed by atoms with E-state index in [1.807, 2.05) is 0 Å². The van der Waals surface area contributed by atoms with Crippen LogP contribution in [0.2, 0.25) is 0 Å². The monoisotopic (exact) mass is 147 g/mol. The summed E-state index contributed by atoms with van der Waals surface area (Å²) in [6, 6.07) is 0.319. The molecule has 0 amide bonds. The van der Waals surface area contributed by atoms with Crippen molar-refractivity contribution in [3.05, 3.63) is 0 Å². The Morgan fingerprint density at radius 2 is 1.60 bits per heavy atom. The third-order valence-electron chi connectivity index (χ3n) is 1.46. The van der Waals surface area contributed by atoms with Crippen molar-refractivity contribution in [2.75, 3.05) is 0 Å². The van der Waals surface area contributed by atoms with Crippen LogP contribution in [0.25, 0.3) is 0 Å². The molecule has 0 rings (SSSR count). The van der Waals surface area contributed by atoms with E-state index in [0.29, 0.717) is 6.04 Å². The van der Waals surface area contributed by atoms with E-state index in [4.69, 9.17) is 5.21 Å². The van der Waals surface area contributed by atoms with Gasteiger partial charge in [-0.15, -0.1) is 0 Å². The van der Waals surface area contributed by atoms with E-state index in [0.717, 1.165) is 25.7 Å². The summed E-state index contributed by atoms with van der Waals surface area (Å²) >= 11 is 0. The van der Waals surface area contributed by atoms with E-state index in [1.54, 1.807) is 0 Å². The Bertz CT molecular complexity index is 51.2. The molecule has 0 aliphatic carbocycles. The smallest absolute Gasteiger partial charge is 0.0319 e. The lowest BCUT2D eigenvalue weighted by molar-refractivity contribution is 0.116. The first-order chi connectivity index (χ1) is 4.35. The molecule has 0 aromatic heterocycles. The standard InChI is InChI=1S/C7H17NO.CH4/c1-3-5-7(8-9)6-4-2;/h7-9H,3-6H2,1-2H3;1H4. The van der Waals surface area contributed by atoms with Gasteiger partial charge in [0.05, 0.1) is 0 Å². The highest BCUT2D eigenvalue weighted by Gasteiger charge is 2.01. The first-order valence-corrected chi connectivity index (χ1v) is 3.74. The number of rotatable bonds is 5. The molecule has 0 spiro atoms. The van der Waals surface area contributed by atoms with Gasteiger partial charge in [0.1, 0.15) is 0 Å². The molecule has 0 radical (unpaired) electrons. The second kappa shape index (κ2) is 8.92. The van der Waals surface area contributed by atoms with Crippen LogP contribution in [0.15, 0.2) is 0 Å². The maximum atomic E-state index is 8.54. The quantitative estimate of drug-likeness (QED) is 0.586. The molecule has 0 aromatic carbocycles. The van der Waals surface area contributed by atoms with E-state index >= 15 is 0 Å². The van der Waals surface area contributed by atoms with Crippen molar-refractivity contribution < 1.29 is 5.21 Å². The fourth-order valence-electron chi connectivity index (χ4n) is 0.970. The zero-order chi connectivity index (χ0) is 7.11. The predicted molar refractivity (Wildman–Crippen MR) is 45.3 cm³/mol. The van der Waals surface area contributed by atoms with Gasteiger partial charge in [-0.25, -0.2) is 5.48 Å². The van der Waals surface area contributed by atoms with Gasteiger partial charge in [-0.2, -0.15) is 0 Å². The highest BCUT2D eigenvalue weighted by molar-refractivity contribution is 4.58. The van der Waals surface area contributed by atoms with E-state index in [1.165, 1.54) is 0 Å². The second-order valence-corrected chi connectivity index (χ2v) is 2.40. The minimum Gasteiger partial charge on any atom is -0.317 e. The van der Waals surface area contributed by atoms with Crippen molar-refractivity contribution in [3.63, 3.8) is 0 Å². The molecule has 10 heavy (non-hydrogen) atoms. The Balaban J connectivity index is 0. The molecule has 0 bridgehead atoms. The van der Waals surface area contributed by atoms with Crippen LogP contribution in [-0.2, 0) is 0 Å². The maximum Gasteiger partial charge on any atom is 0.0319 e. The van der Waals surface area contributed by atoms with Crippen LogP contribution in [0, 0.1) is 0 Å². The molecule has 2 nitrogen and oxygen atoms in total. The molecule has 64 valence electrons. The van der Waals surface area contributed by atoms with Crippen molar-refractivity contribution in [1.82, 2.24) is 5.48 Å². The molecule has 0 unspecified atom stereocenters. The average molecular weight is 147 g/mol. The summed E-state index contributed by atoms with van der Waals surface area (Å²) in [4.78, 5) is 0. The van der Waals surface area contributed by atoms with Crippen LogP contribution >= 0.6 is 0 Å². The van der Waals surface area contributed by atoms with Crippen LogP contribution < -0.4 is 5.48 Å². The van der Waals surface area contributed by atoms with E-state index in [9.17, 15) is 0 Å². The van der Waals surface area contributed by atoms with E-state index < -0.39 is 0 Å². The average Bonchev–Trinajstić information content (AvgIpc) is 1.88. The number of hydrogen-bond acceptors (Lipinski definition) is 2. The third kappa shape index (κ3) is 6.05. The summed E-state index contributed by atoms with van der Waals surface area (Å²) < 4.78 is 0. The first-order valence-electron chi connectivity index (χ1n) is 3.74. The lowest BCUT2D eigenvalue weighted by Gasteiger charge is -2.11. The molecular weight excluding hydrogens is 126 g/mol. The van der Waals surface area contributed by atoms with Crippen LogP contribution in [0.3, 0.4) is 0 Å². The number of nitrogens with one attached hydrogen (secondary N) is 1. The van der Waals surface area contributed by atoms with Gasteiger partial charge >= 0.3 is 0 Å². The summed E-state index contributed by atoms with van der Waals surface area (Å²) in [6.07, 6.45) is 4.42. The Kier molecular flexibility index (Phi) is 11.2. The van der Waals surface area contributed by atoms with Crippen LogP contribution in [0.4, 0.5) is 0 Å². The summed E-state index contributed by atoms with van der Waals surface area (Å²) in [7, 11) is 0. The van der Waals surface area contributed by atoms with Gasteiger partial charge in [-0.3, -0.25) is 0 Å². The Hall–Kier alpha value is -0.0800. The fourth-order valence-corrected chi connectivity index (χ4v) is 0.970. The molecule has 2 N–H and O–H groups in total. The first kappa shape index (κ1) is 12.6. The summed E-state index contributed by atoms with van der Waals surface area (Å²) in [5.41, 5.74) is 2.30. The lowest BCUT2D eigenvalue weighted by Crippen LogP contribution is -2.24. The normalized spacial score (nSPS) is 9.60. The van der Waals surface area contributed by atoms with Crippen molar-refractivity contribution in [3.8, 4) is 0 Å². The van der Waals surface area contributed by atoms with Gasteiger partial charge in [0.15, 0.2) is 0 Å². The van der Waals surface area contributed by atoms with Gasteiger partial charge in [-0.1, -0.05) is 34.1 Å². The largest absolute Gasteiger partial charge is 0.317 e. The Morgan fingerprint density at radius 1 is 1.20 bits per heavy atom. The molecule has 0 atom stereocenters. The van der Waals surface area contributed by atoms with E-state index in [2.05, 4.69) is 19.3 Å². The SMILES string of the molecule is C.CCCC(CCC)NO.